The lowest BCUT2D eigenvalue weighted by Gasteiger charge is -2.29. The maximum absolute atomic E-state index is 12.4. The van der Waals surface area contributed by atoms with E-state index in [0.717, 1.165) is 56.8 Å². The van der Waals surface area contributed by atoms with Crippen molar-refractivity contribution in [3.8, 4) is 0 Å². The molecule has 0 bridgehead atoms. The summed E-state index contributed by atoms with van der Waals surface area (Å²) in [6, 6.07) is 8.01. The van der Waals surface area contributed by atoms with Crippen LogP contribution in [0.3, 0.4) is 0 Å². The molecule has 4 nitrogen and oxygen atoms in total. The van der Waals surface area contributed by atoms with Crippen LogP contribution in [0, 0.1) is 0 Å². The summed E-state index contributed by atoms with van der Waals surface area (Å²) in [5, 5.41) is 3.35. The minimum Gasteiger partial charge on any atom is -0.369 e. The number of carbonyl (C=O) groups excluding carboxylic acids is 1. The zero-order chi connectivity index (χ0) is 14.4. The van der Waals surface area contributed by atoms with Gasteiger partial charge < -0.3 is 15.1 Å². The Balaban J connectivity index is 2.06. The number of nitrogens with one attached hydrogen (secondary N) is 1. The Kier molecular flexibility index (Phi) is 5.41. The third-order valence-corrected chi connectivity index (χ3v) is 3.77. The van der Waals surface area contributed by atoms with E-state index in [0.29, 0.717) is 0 Å². The van der Waals surface area contributed by atoms with Crippen molar-refractivity contribution in [1.82, 2.24) is 10.2 Å². The van der Waals surface area contributed by atoms with Gasteiger partial charge >= 0.3 is 0 Å². The van der Waals surface area contributed by atoms with Crippen LogP contribution in [-0.4, -0.2) is 50.6 Å². The summed E-state index contributed by atoms with van der Waals surface area (Å²) in [5.74, 6) is 0.121. The largest absolute Gasteiger partial charge is 0.369 e. The smallest absolute Gasteiger partial charge is 0.253 e. The van der Waals surface area contributed by atoms with Crippen molar-refractivity contribution in [2.75, 3.05) is 44.7 Å². The van der Waals surface area contributed by atoms with Gasteiger partial charge in [-0.3, -0.25) is 4.79 Å². The molecule has 110 valence electrons. The van der Waals surface area contributed by atoms with E-state index in [-0.39, 0.29) is 5.91 Å². The zero-order valence-corrected chi connectivity index (χ0v) is 12.6. The highest BCUT2D eigenvalue weighted by molar-refractivity contribution is 5.95. The highest BCUT2D eigenvalue weighted by Gasteiger charge is 2.14. The lowest BCUT2D eigenvalue weighted by molar-refractivity contribution is 0.0793. The van der Waals surface area contributed by atoms with E-state index in [1.807, 2.05) is 30.1 Å². The summed E-state index contributed by atoms with van der Waals surface area (Å²) in [7, 11) is 1.88. The molecule has 0 unspecified atom stereocenters. The van der Waals surface area contributed by atoms with Crippen molar-refractivity contribution < 1.29 is 4.79 Å². The second-order valence-corrected chi connectivity index (χ2v) is 5.37. The lowest BCUT2D eigenvalue weighted by Crippen LogP contribution is -2.43. The van der Waals surface area contributed by atoms with Crippen molar-refractivity contribution in [2.24, 2.45) is 0 Å². The summed E-state index contributed by atoms with van der Waals surface area (Å²) in [4.78, 5) is 16.5. The number of hydrogen-bond acceptors (Lipinski definition) is 3. The van der Waals surface area contributed by atoms with Gasteiger partial charge in [0, 0.05) is 51.0 Å². The first-order valence-electron chi connectivity index (χ1n) is 7.53. The predicted molar refractivity (Wildman–Crippen MR) is 83.4 cm³/mol. The zero-order valence-electron chi connectivity index (χ0n) is 12.6. The summed E-state index contributed by atoms with van der Waals surface area (Å²) in [6.45, 7) is 6.99. The molecule has 20 heavy (non-hydrogen) atoms. The van der Waals surface area contributed by atoms with Crippen LogP contribution in [0.1, 0.15) is 30.1 Å². The molecule has 1 heterocycles. The number of anilines is 1. The lowest BCUT2D eigenvalue weighted by atomic mass is 10.1. The monoisotopic (exact) mass is 275 g/mol. The molecular formula is C16H25N3O. The Morgan fingerprint density at radius 1 is 1.35 bits per heavy atom. The molecule has 2 rings (SSSR count). The number of nitrogens with zero attached hydrogens (tertiary/aromatic N) is 2. The molecule has 1 saturated heterocycles. The third kappa shape index (κ3) is 3.73. The van der Waals surface area contributed by atoms with E-state index in [9.17, 15) is 4.79 Å². The van der Waals surface area contributed by atoms with Crippen LogP contribution in [0.2, 0.25) is 0 Å². The fourth-order valence-corrected chi connectivity index (χ4v) is 2.48. The Labute approximate surface area is 121 Å². The first-order chi connectivity index (χ1) is 9.72. The number of unbranched alkanes of at least 4 members (excludes halogenated alkanes) is 1. The topological polar surface area (TPSA) is 35.6 Å². The van der Waals surface area contributed by atoms with Crippen molar-refractivity contribution in [2.45, 2.75) is 19.8 Å². The van der Waals surface area contributed by atoms with E-state index in [1.165, 1.54) is 0 Å². The SMILES string of the molecule is CCCCN(C)C(=O)c1cccc(N2CCNCC2)c1. The van der Waals surface area contributed by atoms with Crippen LogP contribution in [0.5, 0.6) is 0 Å². The summed E-state index contributed by atoms with van der Waals surface area (Å²) in [5.41, 5.74) is 1.95. The van der Waals surface area contributed by atoms with Gasteiger partial charge in [-0.15, -0.1) is 0 Å². The minimum absolute atomic E-state index is 0.121. The number of benzene rings is 1. The average molecular weight is 275 g/mol. The fourth-order valence-electron chi connectivity index (χ4n) is 2.48. The molecule has 0 spiro atoms. The van der Waals surface area contributed by atoms with Gasteiger partial charge in [0.1, 0.15) is 0 Å². The van der Waals surface area contributed by atoms with E-state index >= 15 is 0 Å². The van der Waals surface area contributed by atoms with Gasteiger partial charge in [-0.1, -0.05) is 19.4 Å². The maximum atomic E-state index is 12.4. The van der Waals surface area contributed by atoms with Crippen LogP contribution < -0.4 is 10.2 Å². The summed E-state index contributed by atoms with van der Waals surface area (Å²) >= 11 is 0. The summed E-state index contributed by atoms with van der Waals surface area (Å²) in [6.07, 6.45) is 2.16. The highest BCUT2D eigenvalue weighted by atomic mass is 16.2. The normalized spacial score (nSPS) is 15.2. The van der Waals surface area contributed by atoms with Crippen LogP contribution in [0.15, 0.2) is 24.3 Å². The van der Waals surface area contributed by atoms with Gasteiger partial charge in [0.2, 0.25) is 0 Å². The fraction of sp³-hybridized carbons (Fsp3) is 0.562. The minimum atomic E-state index is 0.121. The molecule has 1 amide bonds. The molecule has 4 heteroatoms. The Morgan fingerprint density at radius 2 is 2.10 bits per heavy atom. The third-order valence-electron chi connectivity index (χ3n) is 3.77. The molecule has 1 aromatic carbocycles. The maximum Gasteiger partial charge on any atom is 0.253 e. The predicted octanol–water partition coefficient (Wildman–Crippen LogP) is 1.97. The first kappa shape index (κ1) is 14.9. The van der Waals surface area contributed by atoms with Crippen molar-refractivity contribution in [1.29, 1.82) is 0 Å². The van der Waals surface area contributed by atoms with Gasteiger partial charge in [-0.05, 0) is 24.6 Å². The molecule has 1 fully saturated rings. The van der Waals surface area contributed by atoms with Crippen molar-refractivity contribution in [3.05, 3.63) is 29.8 Å². The molecule has 0 radical (unpaired) electrons. The number of rotatable bonds is 5. The van der Waals surface area contributed by atoms with E-state index in [1.54, 1.807) is 0 Å². The van der Waals surface area contributed by atoms with Crippen LogP contribution in [0.4, 0.5) is 5.69 Å². The van der Waals surface area contributed by atoms with Crippen LogP contribution in [0.25, 0.3) is 0 Å². The van der Waals surface area contributed by atoms with E-state index < -0.39 is 0 Å². The van der Waals surface area contributed by atoms with Gasteiger partial charge in [-0.25, -0.2) is 0 Å². The molecule has 0 aliphatic carbocycles. The molecule has 1 aromatic rings. The quantitative estimate of drug-likeness (QED) is 0.892. The molecule has 0 atom stereocenters. The number of piperazine rings is 1. The second-order valence-electron chi connectivity index (χ2n) is 5.37. The van der Waals surface area contributed by atoms with E-state index in [2.05, 4.69) is 23.2 Å². The molecule has 1 aliphatic rings. The van der Waals surface area contributed by atoms with Gasteiger partial charge in [0.25, 0.3) is 5.91 Å². The highest BCUT2D eigenvalue weighted by Crippen LogP contribution is 2.17. The second kappa shape index (κ2) is 7.29. The molecular weight excluding hydrogens is 250 g/mol. The van der Waals surface area contributed by atoms with Gasteiger partial charge in [0.05, 0.1) is 0 Å². The first-order valence-corrected chi connectivity index (χ1v) is 7.53. The Morgan fingerprint density at radius 3 is 2.80 bits per heavy atom. The van der Waals surface area contributed by atoms with Gasteiger partial charge in [0.15, 0.2) is 0 Å². The van der Waals surface area contributed by atoms with E-state index in [4.69, 9.17) is 0 Å². The Bertz CT molecular complexity index is 441. The standard InChI is InChI=1S/C16H25N3O/c1-3-4-10-18(2)16(20)14-6-5-7-15(13-14)19-11-8-17-9-12-19/h5-7,13,17H,3-4,8-12H2,1-2H3. The van der Waals surface area contributed by atoms with Crippen molar-refractivity contribution >= 4 is 11.6 Å². The number of amides is 1. The van der Waals surface area contributed by atoms with Gasteiger partial charge in [-0.2, -0.15) is 0 Å². The Hall–Kier alpha value is -1.55. The molecule has 0 aromatic heterocycles. The van der Waals surface area contributed by atoms with Crippen molar-refractivity contribution in [3.63, 3.8) is 0 Å². The van der Waals surface area contributed by atoms with Crippen LogP contribution in [-0.2, 0) is 0 Å². The molecule has 0 saturated carbocycles. The summed E-state index contributed by atoms with van der Waals surface area (Å²) < 4.78 is 0. The molecule has 1 N–H and O–H groups in total. The number of hydrogen-bond donors (Lipinski definition) is 1. The molecule has 1 aliphatic heterocycles. The average Bonchev–Trinajstić information content (AvgIpc) is 2.53. The van der Waals surface area contributed by atoms with Crippen LogP contribution >= 0.6 is 0 Å². The number of carbonyl (C=O) groups is 1.